The fourth-order valence-electron chi connectivity index (χ4n) is 2.68. The molecule has 0 aliphatic carbocycles. The first-order valence-corrected chi connectivity index (χ1v) is 7.02. The number of likely N-dealkylation sites (tertiary alicyclic amines) is 1. The molecule has 0 aromatic carbocycles. The lowest BCUT2D eigenvalue weighted by atomic mass is 10.1. The molecule has 5 heteroatoms. The van der Waals surface area contributed by atoms with Gasteiger partial charge in [0.25, 0.3) is 5.91 Å². The summed E-state index contributed by atoms with van der Waals surface area (Å²) < 4.78 is 1.92. The Morgan fingerprint density at radius 2 is 2.32 bits per heavy atom. The minimum atomic E-state index is 0.0974. The van der Waals surface area contributed by atoms with E-state index in [1.807, 2.05) is 23.6 Å². The molecule has 1 aliphatic heterocycles. The van der Waals surface area contributed by atoms with Crippen molar-refractivity contribution >= 4 is 5.91 Å². The van der Waals surface area contributed by atoms with Gasteiger partial charge in [-0.3, -0.25) is 9.48 Å². The Labute approximate surface area is 115 Å². The minimum absolute atomic E-state index is 0.0974. The van der Waals surface area contributed by atoms with Crippen LogP contribution >= 0.6 is 0 Å². The molecule has 5 nitrogen and oxygen atoms in total. The van der Waals surface area contributed by atoms with E-state index in [1.165, 1.54) is 0 Å². The molecule has 1 amide bonds. The maximum Gasteiger partial charge on any atom is 0.257 e. The van der Waals surface area contributed by atoms with Gasteiger partial charge >= 0.3 is 0 Å². The van der Waals surface area contributed by atoms with E-state index in [9.17, 15) is 4.79 Å². The van der Waals surface area contributed by atoms with Crippen molar-refractivity contribution in [2.24, 2.45) is 0 Å². The Kier molecular flexibility index (Phi) is 4.24. The normalized spacial score (nSPS) is 19.9. The van der Waals surface area contributed by atoms with Crippen molar-refractivity contribution in [2.75, 3.05) is 27.2 Å². The van der Waals surface area contributed by atoms with Crippen molar-refractivity contribution in [1.29, 1.82) is 0 Å². The molecule has 0 saturated carbocycles. The number of likely N-dealkylation sites (N-methyl/N-ethyl adjacent to an activating group) is 2. The maximum absolute atomic E-state index is 12.5. The van der Waals surface area contributed by atoms with Crippen LogP contribution in [0.15, 0.2) is 6.20 Å². The zero-order chi connectivity index (χ0) is 14.0. The lowest BCUT2D eigenvalue weighted by molar-refractivity contribution is 0.0736. The summed E-state index contributed by atoms with van der Waals surface area (Å²) in [6.45, 7) is 6.99. The van der Waals surface area contributed by atoms with Gasteiger partial charge in [0.05, 0.1) is 11.8 Å². The van der Waals surface area contributed by atoms with Crippen LogP contribution in [-0.2, 0) is 6.54 Å². The molecule has 2 rings (SSSR count). The molecule has 1 atom stereocenters. The number of carbonyl (C=O) groups is 1. The van der Waals surface area contributed by atoms with Crippen LogP contribution in [0, 0.1) is 6.92 Å². The van der Waals surface area contributed by atoms with Gasteiger partial charge in [0, 0.05) is 31.9 Å². The molecular weight excluding hydrogens is 240 g/mol. The van der Waals surface area contributed by atoms with Gasteiger partial charge in [0.15, 0.2) is 0 Å². The topological polar surface area (TPSA) is 41.4 Å². The molecular formula is C14H24N4O. The number of nitrogens with zero attached hydrogens (tertiary/aromatic N) is 4. The Morgan fingerprint density at radius 3 is 2.89 bits per heavy atom. The lowest BCUT2D eigenvalue weighted by Gasteiger charge is -2.24. The second kappa shape index (κ2) is 5.74. The van der Waals surface area contributed by atoms with Crippen LogP contribution in [0.4, 0.5) is 0 Å². The molecule has 0 spiro atoms. The first-order valence-electron chi connectivity index (χ1n) is 7.02. The van der Waals surface area contributed by atoms with Crippen molar-refractivity contribution < 1.29 is 4.79 Å². The first kappa shape index (κ1) is 14.1. The number of amides is 1. The average molecular weight is 264 g/mol. The SMILES string of the molecule is CCCn1ncc(C(=O)N(C)C2CCN(C)C2)c1C. The van der Waals surface area contributed by atoms with Crippen LogP contribution in [0.2, 0.25) is 0 Å². The van der Waals surface area contributed by atoms with Crippen molar-refractivity contribution in [2.45, 2.75) is 39.3 Å². The second-order valence-electron chi connectivity index (χ2n) is 5.49. The summed E-state index contributed by atoms with van der Waals surface area (Å²) >= 11 is 0. The van der Waals surface area contributed by atoms with Gasteiger partial charge in [-0.2, -0.15) is 5.10 Å². The van der Waals surface area contributed by atoms with E-state index in [0.717, 1.165) is 43.7 Å². The molecule has 2 heterocycles. The van der Waals surface area contributed by atoms with Crippen molar-refractivity contribution in [3.8, 4) is 0 Å². The predicted octanol–water partition coefficient (Wildman–Crippen LogP) is 1.38. The standard InChI is InChI=1S/C14H24N4O/c1-5-7-18-11(2)13(9-15-18)14(19)17(4)12-6-8-16(3)10-12/h9,12H,5-8,10H2,1-4H3. The van der Waals surface area contributed by atoms with Crippen LogP contribution in [0.1, 0.15) is 35.8 Å². The summed E-state index contributed by atoms with van der Waals surface area (Å²) in [6.07, 6.45) is 3.79. The van der Waals surface area contributed by atoms with Gasteiger partial charge in [-0.1, -0.05) is 6.92 Å². The Hall–Kier alpha value is -1.36. The quantitative estimate of drug-likeness (QED) is 0.825. The smallest absolute Gasteiger partial charge is 0.257 e. The summed E-state index contributed by atoms with van der Waals surface area (Å²) in [5.41, 5.74) is 1.72. The van der Waals surface area contributed by atoms with E-state index >= 15 is 0 Å². The summed E-state index contributed by atoms with van der Waals surface area (Å²) in [4.78, 5) is 16.7. The van der Waals surface area contributed by atoms with E-state index < -0.39 is 0 Å². The van der Waals surface area contributed by atoms with Gasteiger partial charge in [-0.25, -0.2) is 0 Å². The molecule has 1 unspecified atom stereocenters. The Bertz CT molecular complexity index is 454. The van der Waals surface area contributed by atoms with Gasteiger partial charge in [0.2, 0.25) is 0 Å². The third-order valence-corrected chi connectivity index (χ3v) is 4.00. The molecule has 1 saturated heterocycles. The molecule has 1 fully saturated rings. The number of rotatable bonds is 4. The van der Waals surface area contributed by atoms with Crippen molar-refractivity contribution in [1.82, 2.24) is 19.6 Å². The first-order chi connectivity index (χ1) is 9.04. The molecule has 19 heavy (non-hydrogen) atoms. The molecule has 0 N–H and O–H groups in total. The van der Waals surface area contributed by atoms with Crippen LogP contribution in [0.5, 0.6) is 0 Å². The van der Waals surface area contributed by atoms with Crippen LogP contribution < -0.4 is 0 Å². The highest BCUT2D eigenvalue weighted by Crippen LogP contribution is 2.17. The van der Waals surface area contributed by atoms with Crippen LogP contribution in [0.3, 0.4) is 0 Å². The third kappa shape index (κ3) is 2.81. The summed E-state index contributed by atoms with van der Waals surface area (Å²) in [5.74, 6) is 0.0974. The molecule has 1 aromatic rings. The minimum Gasteiger partial charge on any atom is -0.337 e. The van der Waals surface area contributed by atoms with E-state index in [0.29, 0.717) is 6.04 Å². The molecule has 1 aromatic heterocycles. The van der Waals surface area contributed by atoms with E-state index in [1.54, 1.807) is 6.20 Å². The number of hydrogen-bond donors (Lipinski definition) is 0. The summed E-state index contributed by atoms with van der Waals surface area (Å²) in [7, 11) is 4.01. The van der Waals surface area contributed by atoms with Crippen LogP contribution in [-0.4, -0.2) is 58.7 Å². The molecule has 0 radical (unpaired) electrons. The number of hydrogen-bond acceptors (Lipinski definition) is 3. The summed E-state index contributed by atoms with van der Waals surface area (Å²) in [6, 6.07) is 0.325. The van der Waals surface area contributed by atoms with E-state index in [-0.39, 0.29) is 5.91 Å². The molecule has 106 valence electrons. The maximum atomic E-state index is 12.5. The molecule has 1 aliphatic rings. The predicted molar refractivity (Wildman–Crippen MR) is 75.3 cm³/mol. The van der Waals surface area contributed by atoms with Gasteiger partial charge in [-0.05, 0) is 33.4 Å². The van der Waals surface area contributed by atoms with Gasteiger partial charge < -0.3 is 9.80 Å². The highest BCUT2D eigenvalue weighted by atomic mass is 16.2. The fourth-order valence-corrected chi connectivity index (χ4v) is 2.68. The number of carbonyl (C=O) groups excluding carboxylic acids is 1. The fraction of sp³-hybridized carbons (Fsp3) is 0.714. The Morgan fingerprint density at radius 1 is 1.58 bits per heavy atom. The van der Waals surface area contributed by atoms with E-state index in [4.69, 9.17) is 0 Å². The number of aryl methyl sites for hydroxylation is 1. The van der Waals surface area contributed by atoms with Crippen molar-refractivity contribution in [3.05, 3.63) is 17.5 Å². The molecule has 0 bridgehead atoms. The monoisotopic (exact) mass is 264 g/mol. The average Bonchev–Trinajstić information content (AvgIpc) is 2.96. The summed E-state index contributed by atoms with van der Waals surface area (Å²) in [5, 5.41) is 4.31. The zero-order valence-electron chi connectivity index (χ0n) is 12.4. The van der Waals surface area contributed by atoms with E-state index in [2.05, 4.69) is 24.0 Å². The highest BCUT2D eigenvalue weighted by Gasteiger charge is 2.28. The second-order valence-corrected chi connectivity index (χ2v) is 5.49. The van der Waals surface area contributed by atoms with Gasteiger partial charge in [-0.15, -0.1) is 0 Å². The van der Waals surface area contributed by atoms with Gasteiger partial charge in [0.1, 0.15) is 0 Å². The Balaban J connectivity index is 2.10. The number of aromatic nitrogens is 2. The zero-order valence-corrected chi connectivity index (χ0v) is 12.4. The largest absolute Gasteiger partial charge is 0.337 e. The van der Waals surface area contributed by atoms with Crippen LogP contribution in [0.25, 0.3) is 0 Å². The highest BCUT2D eigenvalue weighted by molar-refractivity contribution is 5.95. The third-order valence-electron chi connectivity index (χ3n) is 4.00. The lowest BCUT2D eigenvalue weighted by Crippen LogP contribution is -2.38. The van der Waals surface area contributed by atoms with Crippen molar-refractivity contribution in [3.63, 3.8) is 0 Å².